The number of ether oxygens (including phenoxy) is 1. The highest BCUT2D eigenvalue weighted by Gasteiger charge is 2.39. The Bertz CT molecular complexity index is 634. The summed E-state index contributed by atoms with van der Waals surface area (Å²) in [5, 5.41) is 5.93. The molecular formula is C19H27N3O3. The Balaban J connectivity index is 1.47. The minimum absolute atomic E-state index is 0.0116. The minimum atomic E-state index is 0.0116. The maximum Gasteiger partial charge on any atom is 0.234 e. The second kappa shape index (κ2) is 7.87. The van der Waals surface area contributed by atoms with Gasteiger partial charge in [-0.3, -0.25) is 14.5 Å². The molecule has 136 valence electrons. The van der Waals surface area contributed by atoms with E-state index in [-0.39, 0.29) is 11.8 Å². The molecule has 1 heterocycles. The summed E-state index contributed by atoms with van der Waals surface area (Å²) in [4.78, 5) is 25.9. The Morgan fingerprint density at radius 1 is 1.32 bits per heavy atom. The Morgan fingerprint density at radius 3 is 2.88 bits per heavy atom. The molecule has 6 nitrogen and oxygen atoms in total. The lowest BCUT2D eigenvalue weighted by Gasteiger charge is -2.24. The number of likely N-dealkylation sites (N-methyl/N-ethyl adjacent to an activating group) is 1. The van der Waals surface area contributed by atoms with Gasteiger partial charge in [-0.05, 0) is 37.8 Å². The molecule has 0 bridgehead atoms. The fraction of sp³-hybridized carbons (Fsp3) is 0.579. The molecular weight excluding hydrogens is 318 g/mol. The summed E-state index contributed by atoms with van der Waals surface area (Å²) in [5.41, 5.74) is 0.970. The summed E-state index contributed by atoms with van der Waals surface area (Å²) >= 11 is 0. The average molecular weight is 345 g/mol. The topological polar surface area (TPSA) is 70.7 Å². The number of para-hydroxylation sites is 1. The third-order valence-corrected chi connectivity index (χ3v) is 5.51. The first-order chi connectivity index (χ1) is 12.1. The fourth-order valence-corrected chi connectivity index (χ4v) is 4.05. The number of nitrogens with one attached hydrogen (secondary N) is 2. The van der Waals surface area contributed by atoms with Crippen molar-refractivity contribution in [3.8, 4) is 5.75 Å². The van der Waals surface area contributed by atoms with Crippen LogP contribution in [0.2, 0.25) is 0 Å². The van der Waals surface area contributed by atoms with Crippen molar-refractivity contribution >= 4 is 11.8 Å². The first kappa shape index (κ1) is 17.7. The van der Waals surface area contributed by atoms with Crippen molar-refractivity contribution < 1.29 is 14.3 Å². The minimum Gasteiger partial charge on any atom is -0.496 e. The molecule has 1 aromatic carbocycles. The van der Waals surface area contributed by atoms with Gasteiger partial charge in [-0.25, -0.2) is 0 Å². The van der Waals surface area contributed by atoms with Crippen molar-refractivity contribution in [2.45, 2.75) is 31.8 Å². The number of rotatable bonds is 6. The van der Waals surface area contributed by atoms with Crippen molar-refractivity contribution in [3.63, 3.8) is 0 Å². The zero-order valence-corrected chi connectivity index (χ0v) is 15.0. The molecule has 2 N–H and O–H groups in total. The van der Waals surface area contributed by atoms with E-state index in [9.17, 15) is 9.59 Å². The fourth-order valence-electron chi connectivity index (χ4n) is 4.05. The highest BCUT2D eigenvalue weighted by Crippen LogP contribution is 2.38. The normalized spacial score (nSPS) is 25.4. The number of hydrogen-bond acceptors (Lipinski definition) is 4. The third kappa shape index (κ3) is 4.31. The van der Waals surface area contributed by atoms with Gasteiger partial charge in [0, 0.05) is 31.1 Å². The molecule has 1 saturated heterocycles. The highest BCUT2D eigenvalue weighted by molar-refractivity contribution is 5.78. The molecule has 2 fully saturated rings. The van der Waals surface area contributed by atoms with Gasteiger partial charge in [-0.15, -0.1) is 0 Å². The zero-order valence-electron chi connectivity index (χ0n) is 15.0. The molecule has 1 aliphatic heterocycles. The second-order valence-electron chi connectivity index (χ2n) is 7.16. The van der Waals surface area contributed by atoms with Gasteiger partial charge in [-0.1, -0.05) is 18.2 Å². The summed E-state index contributed by atoms with van der Waals surface area (Å²) in [6, 6.07) is 8.07. The van der Waals surface area contributed by atoms with Crippen LogP contribution in [0.25, 0.3) is 0 Å². The number of methoxy groups -OCH3 is 1. The standard InChI is InChI=1S/C19H27N3O3/c1-22(16-7-14-9-18(23)20-11-15(14)8-16)12-19(24)21-10-13-5-3-4-6-17(13)25-2/h3-6,14-16H,7-12H2,1-2H3,(H,20,23)(H,21,24)/t14-,15+,16-/m0/s1. The van der Waals surface area contributed by atoms with Crippen LogP contribution in [-0.4, -0.2) is 50.0 Å². The number of carbonyl (C=O) groups is 2. The molecule has 0 aromatic heterocycles. The first-order valence-electron chi connectivity index (χ1n) is 8.92. The predicted octanol–water partition coefficient (Wildman–Crippen LogP) is 1.16. The number of nitrogens with zero attached hydrogens (tertiary/aromatic N) is 1. The van der Waals surface area contributed by atoms with E-state index in [1.165, 1.54) is 0 Å². The highest BCUT2D eigenvalue weighted by atomic mass is 16.5. The largest absolute Gasteiger partial charge is 0.496 e. The van der Waals surface area contributed by atoms with Crippen LogP contribution in [0.4, 0.5) is 0 Å². The van der Waals surface area contributed by atoms with E-state index >= 15 is 0 Å². The van der Waals surface area contributed by atoms with E-state index in [2.05, 4.69) is 15.5 Å². The molecule has 0 radical (unpaired) electrons. The van der Waals surface area contributed by atoms with Gasteiger partial charge in [-0.2, -0.15) is 0 Å². The Labute approximate surface area is 148 Å². The maximum atomic E-state index is 12.3. The molecule has 6 heteroatoms. The molecule has 2 amide bonds. The maximum absolute atomic E-state index is 12.3. The van der Waals surface area contributed by atoms with E-state index in [0.717, 1.165) is 30.7 Å². The summed E-state index contributed by atoms with van der Waals surface area (Å²) in [6.07, 6.45) is 2.70. The number of hydrogen-bond donors (Lipinski definition) is 2. The molecule has 3 atom stereocenters. The number of amides is 2. The second-order valence-corrected chi connectivity index (χ2v) is 7.16. The molecule has 3 rings (SSSR count). The predicted molar refractivity (Wildman–Crippen MR) is 95.1 cm³/mol. The van der Waals surface area contributed by atoms with Gasteiger partial charge in [0.1, 0.15) is 5.75 Å². The van der Waals surface area contributed by atoms with Crippen LogP contribution in [0, 0.1) is 11.8 Å². The van der Waals surface area contributed by atoms with Crippen LogP contribution in [0.15, 0.2) is 24.3 Å². The Hall–Kier alpha value is -2.08. The van der Waals surface area contributed by atoms with Crippen LogP contribution in [0.1, 0.15) is 24.8 Å². The van der Waals surface area contributed by atoms with Crippen LogP contribution >= 0.6 is 0 Å². The van der Waals surface area contributed by atoms with Crippen LogP contribution in [0.5, 0.6) is 5.75 Å². The summed E-state index contributed by atoms with van der Waals surface area (Å²) in [6.45, 7) is 1.62. The van der Waals surface area contributed by atoms with Crippen molar-refractivity contribution in [2.24, 2.45) is 11.8 Å². The van der Waals surface area contributed by atoms with Crippen LogP contribution in [0.3, 0.4) is 0 Å². The number of carbonyl (C=O) groups excluding carboxylic acids is 2. The van der Waals surface area contributed by atoms with Crippen molar-refractivity contribution in [1.82, 2.24) is 15.5 Å². The SMILES string of the molecule is COc1ccccc1CNC(=O)CN(C)[C@H]1C[C@H]2CC(=O)NC[C@H]2C1. The molecule has 0 spiro atoms. The summed E-state index contributed by atoms with van der Waals surface area (Å²) < 4.78 is 5.31. The first-order valence-corrected chi connectivity index (χ1v) is 8.92. The van der Waals surface area contributed by atoms with E-state index in [4.69, 9.17) is 4.74 Å². The van der Waals surface area contributed by atoms with Crippen LogP contribution < -0.4 is 15.4 Å². The molecule has 1 aromatic rings. The van der Waals surface area contributed by atoms with Gasteiger partial charge >= 0.3 is 0 Å². The van der Waals surface area contributed by atoms with Gasteiger partial charge in [0.25, 0.3) is 0 Å². The molecule has 25 heavy (non-hydrogen) atoms. The molecule has 1 aliphatic carbocycles. The summed E-state index contributed by atoms with van der Waals surface area (Å²) in [5.74, 6) is 1.99. The van der Waals surface area contributed by atoms with E-state index in [0.29, 0.717) is 37.4 Å². The lowest BCUT2D eigenvalue weighted by atomic mass is 9.89. The van der Waals surface area contributed by atoms with Crippen LogP contribution in [-0.2, 0) is 16.1 Å². The Kier molecular flexibility index (Phi) is 5.58. The smallest absolute Gasteiger partial charge is 0.234 e. The lowest BCUT2D eigenvalue weighted by molar-refractivity contribution is -0.124. The molecule has 2 aliphatic rings. The van der Waals surface area contributed by atoms with Gasteiger partial charge in [0.2, 0.25) is 11.8 Å². The number of piperidine rings is 1. The van der Waals surface area contributed by atoms with Crippen molar-refractivity contribution in [1.29, 1.82) is 0 Å². The number of benzene rings is 1. The lowest BCUT2D eigenvalue weighted by Crippen LogP contribution is -2.39. The average Bonchev–Trinajstić information content (AvgIpc) is 3.03. The zero-order chi connectivity index (χ0) is 17.8. The van der Waals surface area contributed by atoms with E-state index in [1.807, 2.05) is 31.3 Å². The van der Waals surface area contributed by atoms with Gasteiger partial charge in [0.15, 0.2) is 0 Å². The molecule has 0 unspecified atom stereocenters. The third-order valence-electron chi connectivity index (χ3n) is 5.51. The van der Waals surface area contributed by atoms with E-state index < -0.39 is 0 Å². The monoisotopic (exact) mass is 345 g/mol. The van der Waals surface area contributed by atoms with Crippen molar-refractivity contribution in [2.75, 3.05) is 27.2 Å². The molecule has 1 saturated carbocycles. The van der Waals surface area contributed by atoms with E-state index in [1.54, 1.807) is 7.11 Å². The summed E-state index contributed by atoms with van der Waals surface area (Å²) in [7, 11) is 3.63. The number of fused-ring (bicyclic) bond motifs is 1. The quantitative estimate of drug-likeness (QED) is 0.812. The Morgan fingerprint density at radius 2 is 2.08 bits per heavy atom. The van der Waals surface area contributed by atoms with Crippen molar-refractivity contribution in [3.05, 3.63) is 29.8 Å². The van der Waals surface area contributed by atoms with Gasteiger partial charge < -0.3 is 15.4 Å². The van der Waals surface area contributed by atoms with Gasteiger partial charge in [0.05, 0.1) is 13.7 Å².